The Labute approximate surface area is 235 Å². The van der Waals surface area contributed by atoms with Crippen molar-refractivity contribution in [3.05, 3.63) is 112 Å². The van der Waals surface area contributed by atoms with Crippen molar-refractivity contribution in [2.24, 2.45) is 0 Å². The maximum Gasteiger partial charge on any atom is 0.312 e. The lowest BCUT2D eigenvalue weighted by atomic mass is 9.84. The number of rotatable bonds is 7. The fourth-order valence-electron chi connectivity index (χ4n) is 5.19. The van der Waals surface area contributed by atoms with Gasteiger partial charge in [-0.3, -0.25) is 9.59 Å². The van der Waals surface area contributed by atoms with Crippen molar-refractivity contribution in [3.63, 3.8) is 0 Å². The van der Waals surface area contributed by atoms with E-state index in [-0.39, 0.29) is 34.5 Å². The van der Waals surface area contributed by atoms with Gasteiger partial charge < -0.3 is 28.8 Å². The molecule has 2 N–H and O–H groups in total. The van der Waals surface area contributed by atoms with Gasteiger partial charge in [0.1, 0.15) is 28.2 Å². The molecule has 1 aliphatic rings. The van der Waals surface area contributed by atoms with Gasteiger partial charge in [-0.15, -0.1) is 0 Å². The van der Waals surface area contributed by atoms with Crippen LogP contribution < -0.4 is 19.6 Å². The molecule has 0 saturated heterocycles. The van der Waals surface area contributed by atoms with E-state index in [0.717, 1.165) is 11.3 Å². The summed E-state index contributed by atoms with van der Waals surface area (Å²) in [7, 11) is 1.62. The molecule has 0 aliphatic carbocycles. The maximum absolute atomic E-state index is 13.3. The summed E-state index contributed by atoms with van der Waals surface area (Å²) in [5, 5.41) is 21.4. The number of phenols is 2. The molecule has 0 amide bonds. The highest BCUT2D eigenvalue weighted by molar-refractivity contribution is 5.96. The molecule has 0 fully saturated rings. The molecule has 206 valence electrons. The molecule has 2 heterocycles. The molecule has 1 aromatic heterocycles. The third-order valence-corrected chi connectivity index (χ3v) is 7.21. The minimum atomic E-state index is -0.704. The molecule has 41 heavy (non-hydrogen) atoms. The van der Waals surface area contributed by atoms with E-state index in [4.69, 9.17) is 18.6 Å². The minimum absolute atomic E-state index is 0.0344. The number of carbonyl (C=O) groups excluding carboxylic acids is 1. The summed E-state index contributed by atoms with van der Waals surface area (Å²) in [6, 6.07) is 25.3. The van der Waals surface area contributed by atoms with Crippen LogP contribution in [0.3, 0.4) is 0 Å². The second-order valence-electron chi connectivity index (χ2n) is 9.70. The molecule has 8 nitrogen and oxygen atoms in total. The Morgan fingerprint density at radius 3 is 2.39 bits per heavy atom. The van der Waals surface area contributed by atoms with Crippen molar-refractivity contribution < 1.29 is 33.6 Å². The number of fused-ring (bicyclic) bond motifs is 3. The predicted molar refractivity (Wildman–Crippen MR) is 152 cm³/mol. The lowest BCUT2D eigenvalue weighted by molar-refractivity contribution is -0.135. The van der Waals surface area contributed by atoms with E-state index in [2.05, 4.69) is 0 Å². The molecule has 6 rings (SSSR count). The van der Waals surface area contributed by atoms with E-state index in [1.54, 1.807) is 25.3 Å². The lowest BCUT2D eigenvalue weighted by Crippen LogP contribution is -2.22. The molecule has 1 aliphatic heterocycles. The average Bonchev–Trinajstić information content (AvgIpc) is 3.00. The van der Waals surface area contributed by atoms with Gasteiger partial charge in [0.15, 0.2) is 16.9 Å². The van der Waals surface area contributed by atoms with Crippen molar-refractivity contribution in [3.8, 4) is 40.1 Å². The summed E-state index contributed by atoms with van der Waals surface area (Å²) in [6.07, 6.45) is 0.541. The number of esters is 1. The summed E-state index contributed by atoms with van der Waals surface area (Å²) in [4.78, 5) is 26.0. The first-order valence-electron chi connectivity index (χ1n) is 13.1. The molecule has 4 aromatic carbocycles. The van der Waals surface area contributed by atoms with Gasteiger partial charge in [0, 0.05) is 29.5 Å². The number of ether oxygens (including phenoxy) is 3. The zero-order valence-electron chi connectivity index (χ0n) is 22.1. The van der Waals surface area contributed by atoms with Gasteiger partial charge in [0.05, 0.1) is 25.7 Å². The van der Waals surface area contributed by atoms with Crippen molar-refractivity contribution in [1.82, 2.24) is 0 Å². The number of para-hydroxylation sites is 1. The molecule has 8 heteroatoms. The van der Waals surface area contributed by atoms with Crippen LogP contribution in [0.25, 0.3) is 22.3 Å². The molecule has 0 bridgehead atoms. The summed E-state index contributed by atoms with van der Waals surface area (Å²) in [6.45, 7) is 0.363. The first-order valence-corrected chi connectivity index (χ1v) is 13.1. The molecule has 0 unspecified atom stereocenters. The van der Waals surface area contributed by atoms with Gasteiger partial charge in [-0.2, -0.15) is 0 Å². The van der Waals surface area contributed by atoms with Crippen LogP contribution in [0.5, 0.6) is 28.7 Å². The highest BCUT2D eigenvalue weighted by atomic mass is 16.5. The SMILES string of the molecule is COc1ccc(CCOc2ccccc2[C@H]2CC(=O)Oc3c(O)c(O)c4c(=O)cc(-c5ccccc5)oc4c32)cc1. The lowest BCUT2D eigenvalue weighted by Gasteiger charge is -2.28. The Kier molecular flexibility index (Phi) is 6.81. The Hall–Kier alpha value is -5.24. The van der Waals surface area contributed by atoms with Crippen LogP contribution in [-0.4, -0.2) is 29.9 Å². The number of aromatic hydroxyl groups is 2. The van der Waals surface area contributed by atoms with Crippen molar-refractivity contribution in [2.75, 3.05) is 13.7 Å². The van der Waals surface area contributed by atoms with Crippen LogP contribution in [0.2, 0.25) is 0 Å². The van der Waals surface area contributed by atoms with Crippen molar-refractivity contribution in [1.29, 1.82) is 0 Å². The maximum atomic E-state index is 13.3. The Morgan fingerprint density at radius 1 is 0.902 bits per heavy atom. The summed E-state index contributed by atoms with van der Waals surface area (Å²) in [5.74, 6) is -1.35. The number of benzene rings is 4. The number of hydrogen-bond acceptors (Lipinski definition) is 8. The van der Waals surface area contributed by atoms with Crippen LogP contribution in [0, 0.1) is 0 Å². The second kappa shape index (κ2) is 10.7. The largest absolute Gasteiger partial charge is 0.504 e. The van der Waals surface area contributed by atoms with Gasteiger partial charge in [-0.25, -0.2) is 0 Å². The van der Waals surface area contributed by atoms with E-state index >= 15 is 0 Å². The van der Waals surface area contributed by atoms with E-state index in [9.17, 15) is 19.8 Å². The number of hydrogen-bond donors (Lipinski definition) is 2. The summed E-state index contributed by atoms with van der Waals surface area (Å²) >= 11 is 0. The Morgan fingerprint density at radius 2 is 1.63 bits per heavy atom. The van der Waals surface area contributed by atoms with Crippen LogP contribution in [0.4, 0.5) is 0 Å². The molecule has 0 saturated carbocycles. The predicted octanol–water partition coefficient (Wildman–Crippen LogP) is 5.94. The van der Waals surface area contributed by atoms with E-state index in [1.165, 1.54) is 6.07 Å². The van der Waals surface area contributed by atoms with Crippen molar-refractivity contribution >= 4 is 16.9 Å². The van der Waals surface area contributed by atoms with E-state index in [1.807, 2.05) is 60.7 Å². The highest BCUT2D eigenvalue weighted by Crippen LogP contribution is 2.53. The molecule has 0 radical (unpaired) electrons. The van der Waals surface area contributed by atoms with Crippen molar-refractivity contribution in [2.45, 2.75) is 18.8 Å². The Bertz CT molecular complexity index is 1810. The smallest absolute Gasteiger partial charge is 0.312 e. The number of carbonyl (C=O) groups is 1. The zero-order valence-corrected chi connectivity index (χ0v) is 22.1. The van der Waals surface area contributed by atoms with E-state index < -0.39 is 28.8 Å². The quantitative estimate of drug-likeness (QED) is 0.145. The molecule has 5 aromatic rings. The van der Waals surface area contributed by atoms with Gasteiger partial charge in [0.2, 0.25) is 5.75 Å². The number of phenolic OH excluding ortho intramolecular Hbond substituents is 2. The third kappa shape index (κ3) is 4.84. The number of methoxy groups -OCH3 is 1. The Balaban J connectivity index is 1.45. The van der Waals surface area contributed by atoms with Gasteiger partial charge >= 0.3 is 5.97 Å². The van der Waals surface area contributed by atoms with Gasteiger partial charge in [-0.05, 0) is 23.8 Å². The first-order chi connectivity index (χ1) is 19.9. The third-order valence-electron chi connectivity index (χ3n) is 7.21. The van der Waals surface area contributed by atoms with Gasteiger partial charge in [-0.1, -0.05) is 60.7 Å². The molecular weight excluding hydrogens is 524 g/mol. The van der Waals surface area contributed by atoms with Crippen LogP contribution >= 0.6 is 0 Å². The van der Waals surface area contributed by atoms with Crippen LogP contribution in [0.1, 0.15) is 29.0 Å². The minimum Gasteiger partial charge on any atom is -0.504 e. The zero-order chi connectivity index (χ0) is 28.5. The summed E-state index contributed by atoms with van der Waals surface area (Å²) < 4.78 is 23.1. The van der Waals surface area contributed by atoms with Crippen LogP contribution in [0.15, 0.2) is 94.1 Å². The van der Waals surface area contributed by atoms with E-state index in [0.29, 0.717) is 29.9 Å². The normalized spacial score (nSPS) is 14.4. The molecule has 0 spiro atoms. The second-order valence-corrected chi connectivity index (χ2v) is 9.70. The standard InChI is InChI=1S/C33H26O8/c1-38-21-13-11-19(12-14-21)15-16-39-25-10-6-5-9-22(25)23-17-27(35)41-33-28(23)32-29(30(36)31(33)37)24(34)18-26(40-32)20-7-3-2-4-8-20/h2-14,18,23,36-37H,15-17H2,1H3/t23-/m1/s1. The molecular formula is C33H26O8. The monoisotopic (exact) mass is 550 g/mol. The molecule has 1 atom stereocenters. The topological polar surface area (TPSA) is 115 Å². The first kappa shape index (κ1) is 26.0. The average molecular weight is 551 g/mol. The van der Waals surface area contributed by atoms with Gasteiger partial charge in [0.25, 0.3) is 0 Å². The summed E-state index contributed by atoms with van der Waals surface area (Å²) in [5.41, 5.74) is 2.15. The fourth-order valence-corrected chi connectivity index (χ4v) is 5.19. The highest BCUT2D eigenvalue weighted by Gasteiger charge is 2.37. The fraction of sp³-hybridized carbons (Fsp3) is 0.152. The van der Waals surface area contributed by atoms with Crippen LogP contribution in [-0.2, 0) is 11.2 Å².